The van der Waals surface area contributed by atoms with E-state index in [9.17, 15) is 8.42 Å². The Morgan fingerprint density at radius 2 is 2.32 bits per heavy atom. The van der Waals surface area contributed by atoms with Gasteiger partial charge in [0.2, 0.25) is 5.13 Å². The van der Waals surface area contributed by atoms with Gasteiger partial charge in [-0.05, 0) is 20.0 Å². The first-order valence-electron chi connectivity index (χ1n) is 5.58. The Hall–Kier alpha value is -1.52. The summed E-state index contributed by atoms with van der Waals surface area (Å²) in [4.78, 5) is 0.118. The summed E-state index contributed by atoms with van der Waals surface area (Å²) in [6, 6.07) is 0. The van der Waals surface area contributed by atoms with Crippen molar-refractivity contribution in [3.8, 4) is 0 Å². The Balaban J connectivity index is 2.04. The smallest absolute Gasteiger partial charge is 0.266 e. The van der Waals surface area contributed by atoms with Crippen molar-refractivity contribution < 1.29 is 8.42 Å². The maximum atomic E-state index is 12.0. The van der Waals surface area contributed by atoms with Gasteiger partial charge in [0.05, 0.1) is 6.20 Å². The lowest BCUT2D eigenvalue weighted by atomic mass is 10.4. The SMILES string of the molecule is CNCCCn1cc(S(=O)(=O)Nc2nncs2)cn1. The fourth-order valence-electron chi connectivity index (χ4n) is 1.41. The Morgan fingerprint density at radius 1 is 1.47 bits per heavy atom. The number of hydrogen-bond acceptors (Lipinski definition) is 7. The summed E-state index contributed by atoms with van der Waals surface area (Å²) in [5.41, 5.74) is 1.46. The van der Waals surface area contributed by atoms with Crippen LogP contribution in [0.1, 0.15) is 6.42 Å². The van der Waals surface area contributed by atoms with Crippen molar-refractivity contribution in [1.29, 1.82) is 0 Å². The molecule has 0 unspecified atom stereocenters. The van der Waals surface area contributed by atoms with Gasteiger partial charge in [0.1, 0.15) is 10.4 Å². The van der Waals surface area contributed by atoms with Crippen LogP contribution in [0, 0.1) is 0 Å². The summed E-state index contributed by atoms with van der Waals surface area (Å²) < 4.78 is 28.0. The number of sulfonamides is 1. The lowest BCUT2D eigenvalue weighted by Gasteiger charge is -2.01. The summed E-state index contributed by atoms with van der Waals surface area (Å²) in [6.07, 6.45) is 3.70. The summed E-state index contributed by atoms with van der Waals surface area (Å²) in [5.74, 6) is 0. The van der Waals surface area contributed by atoms with E-state index in [-0.39, 0.29) is 10.0 Å². The number of hydrogen-bond donors (Lipinski definition) is 2. The minimum atomic E-state index is -3.63. The van der Waals surface area contributed by atoms with Crippen LogP contribution in [-0.2, 0) is 16.6 Å². The lowest BCUT2D eigenvalue weighted by Crippen LogP contribution is -2.13. The summed E-state index contributed by atoms with van der Waals surface area (Å²) in [5, 5.41) is 14.5. The monoisotopic (exact) mass is 302 g/mol. The molecule has 0 aliphatic heterocycles. The molecular formula is C9H14N6O2S2. The van der Waals surface area contributed by atoms with Crippen molar-refractivity contribution in [3.63, 3.8) is 0 Å². The van der Waals surface area contributed by atoms with E-state index in [1.807, 2.05) is 7.05 Å². The van der Waals surface area contributed by atoms with Crippen molar-refractivity contribution in [2.24, 2.45) is 0 Å². The predicted molar refractivity (Wildman–Crippen MR) is 71.5 cm³/mol. The van der Waals surface area contributed by atoms with Crippen LogP contribution >= 0.6 is 11.3 Å². The van der Waals surface area contributed by atoms with E-state index in [1.54, 1.807) is 4.68 Å². The highest BCUT2D eigenvalue weighted by molar-refractivity contribution is 7.93. The van der Waals surface area contributed by atoms with Crippen molar-refractivity contribution >= 4 is 26.5 Å². The maximum Gasteiger partial charge on any atom is 0.266 e. The minimum absolute atomic E-state index is 0.118. The van der Waals surface area contributed by atoms with Gasteiger partial charge in [-0.2, -0.15) is 5.10 Å². The van der Waals surface area contributed by atoms with Crippen molar-refractivity contribution in [3.05, 3.63) is 17.9 Å². The Morgan fingerprint density at radius 3 is 3.00 bits per heavy atom. The minimum Gasteiger partial charge on any atom is -0.320 e. The van der Waals surface area contributed by atoms with Gasteiger partial charge >= 0.3 is 0 Å². The molecule has 2 heterocycles. The fourth-order valence-corrected chi connectivity index (χ4v) is 3.06. The lowest BCUT2D eigenvalue weighted by molar-refractivity contribution is 0.561. The number of anilines is 1. The second-order valence-corrected chi connectivity index (χ2v) is 6.26. The van der Waals surface area contributed by atoms with Crippen LogP contribution < -0.4 is 10.0 Å². The van der Waals surface area contributed by atoms with Gasteiger partial charge in [-0.25, -0.2) is 8.42 Å². The van der Waals surface area contributed by atoms with E-state index < -0.39 is 10.0 Å². The first kappa shape index (κ1) is 13.9. The van der Waals surface area contributed by atoms with E-state index in [0.29, 0.717) is 6.54 Å². The molecule has 0 bridgehead atoms. The number of aromatic nitrogens is 4. The first-order valence-corrected chi connectivity index (χ1v) is 7.94. The third-order valence-electron chi connectivity index (χ3n) is 2.32. The van der Waals surface area contributed by atoms with Crippen molar-refractivity contribution in [1.82, 2.24) is 25.3 Å². The van der Waals surface area contributed by atoms with E-state index in [4.69, 9.17) is 0 Å². The Kier molecular flexibility index (Phi) is 4.45. The van der Waals surface area contributed by atoms with Gasteiger partial charge in [-0.1, -0.05) is 11.3 Å². The second-order valence-electron chi connectivity index (χ2n) is 3.75. The molecule has 0 aromatic carbocycles. The zero-order chi connectivity index (χ0) is 13.7. The average molecular weight is 302 g/mol. The van der Waals surface area contributed by atoms with Gasteiger partial charge in [0.25, 0.3) is 10.0 Å². The van der Waals surface area contributed by atoms with Crippen LogP contribution in [0.25, 0.3) is 0 Å². The predicted octanol–water partition coefficient (Wildman–Crippen LogP) is 0.145. The van der Waals surface area contributed by atoms with E-state index >= 15 is 0 Å². The molecule has 2 aromatic heterocycles. The third kappa shape index (κ3) is 3.72. The topological polar surface area (TPSA) is 102 Å². The van der Waals surface area contributed by atoms with E-state index in [0.717, 1.165) is 24.3 Å². The molecule has 8 nitrogen and oxygen atoms in total. The molecule has 0 saturated heterocycles. The number of nitrogens with zero attached hydrogens (tertiary/aromatic N) is 4. The molecule has 0 aliphatic carbocycles. The normalized spacial score (nSPS) is 11.6. The number of nitrogens with one attached hydrogen (secondary N) is 2. The number of rotatable bonds is 7. The van der Waals surface area contributed by atoms with Crippen LogP contribution in [0.5, 0.6) is 0 Å². The fraction of sp³-hybridized carbons (Fsp3) is 0.444. The standard InChI is InChI=1S/C9H14N6O2S2/c1-10-3-2-4-15-6-8(5-12-15)19(16,17)14-9-13-11-7-18-9/h5-7,10H,2-4H2,1H3,(H,13,14). The molecule has 19 heavy (non-hydrogen) atoms. The van der Waals surface area contributed by atoms with Gasteiger partial charge in [0.15, 0.2) is 0 Å². The molecule has 0 amide bonds. The van der Waals surface area contributed by atoms with Gasteiger partial charge in [-0.3, -0.25) is 9.40 Å². The molecule has 0 saturated carbocycles. The first-order chi connectivity index (χ1) is 9.12. The summed E-state index contributed by atoms with van der Waals surface area (Å²) in [6.45, 7) is 1.51. The molecule has 0 fully saturated rings. The highest BCUT2D eigenvalue weighted by Gasteiger charge is 2.17. The Bertz CT molecular complexity index is 606. The zero-order valence-electron chi connectivity index (χ0n) is 10.3. The van der Waals surface area contributed by atoms with Crippen LogP contribution in [-0.4, -0.2) is 42.0 Å². The molecular weight excluding hydrogens is 288 g/mol. The molecule has 0 atom stereocenters. The van der Waals surface area contributed by atoms with Crippen LogP contribution in [0.3, 0.4) is 0 Å². The largest absolute Gasteiger partial charge is 0.320 e. The highest BCUT2D eigenvalue weighted by atomic mass is 32.2. The molecule has 104 valence electrons. The summed E-state index contributed by atoms with van der Waals surface area (Å²) >= 11 is 1.12. The second kappa shape index (κ2) is 6.08. The average Bonchev–Trinajstić information content (AvgIpc) is 3.00. The molecule has 0 spiro atoms. The van der Waals surface area contributed by atoms with Crippen LogP contribution in [0.4, 0.5) is 5.13 Å². The van der Waals surface area contributed by atoms with E-state index in [1.165, 1.54) is 17.9 Å². The maximum absolute atomic E-state index is 12.0. The van der Waals surface area contributed by atoms with Crippen LogP contribution in [0.15, 0.2) is 22.8 Å². The molecule has 2 rings (SSSR count). The quantitative estimate of drug-likeness (QED) is 0.706. The van der Waals surface area contributed by atoms with Crippen molar-refractivity contribution in [2.45, 2.75) is 17.9 Å². The third-order valence-corrected chi connectivity index (χ3v) is 4.34. The molecule has 2 N–H and O–H groups in total. The Labute approximate surface area is 114 Å². The molecule has 2 aromatic rings. The number of aryl methyl sites for hydroxylation is 1. The highest BCUT2D eigenvalue weighted by Crippen LogP contribution is 2.16. The summed E-state index contributed by atoms with van der Waals surface area (Å²) in [7, 11) is -1.77. The molecule has 10 heteroatoms. The van der Waals surface area contributed by atoms with Gasteiger partial charge < -0.3 is 5.32 Å². The van der Waals surface area contributed by atoms with Crippen LogP contribution in [0.2, 0.25) is 0 Å². The zero-order valence-corrected chi connectivity index (χ0v) is 11.9. The van der Waals surface area contributed by atoms with Gasteiger partial charge in [0, 0.05) is 12.7 Å². The van der Waals surface area contributed by atoms with E-state index in [2.05, 4.69) is 25.3 Å². The van der Waals surface area contributed by atoms with Gasteiger partial charge in [-0.15, -0.1) is 10.2 Å². The molecule has 0 radical (unpaired) electrons. The molecule has 0 aliphatic rings. The van der Waals surface area contributed by atoms with Crippen molar-refractivity contribution in [2.75, 3.05) is 18.3 Å².